The smallest absolute Gasteiger partial charge is 0.423 e. The van der Waals surface area contributed by atoms with Gasteiger partial charge in [0.1, 0.15) is 54.0 Å². The van der Waals surface area contributed by atoms with Crippen LogP contribution in [-0.2, 0) is 43.8 Å². The molecule has 2 amide bonds. The zero-order valence-electron chi connectivity index (χ0n) is 38.9. The maximum absolute atomic E-state index is 13.6. The summed E-state index contributed by atoms with van der Waals surface area (Å²) in [6.07, 6.45) is -11.7. The number of aliphatic hydroxyl groups excluding tert-OH is 4. The Morgan fingerprint density at radius 1 is 0.658 bits per heavy atom. The van der Waals surface area contributed by atoms with Crippen molar-refractivity contribution >= 4 is 103 Å². The molecule has 8 atom stereocenters. The monoisotopic (exact) mass is 1100 g/mol. The Bertz CT molecular complexity index is 3440. The van der Waals surface area contributed by atoms with Gasteiger partial charge in [0.2, 0.25) is 11.8 Å². The number of nitrogens with one attached hydrogen (secondary N) is 3. The number of amides is 2. The van der Waals surface area contributed by atoms with Crippen molar-refractivity contribution in [1.82, 2.24) is 53.2 Å². The molecule has 6 aromatic rings. The lowest BCUT2D eigenvalue weighted by atomic mass is 9.75. The minimum absolute atomic E-state index is 0.0252. The number of ether oxygens (including phenoxy) is 2. The first-order valence-electron chi connectivity index (χ1n) is 22.4. The number of rotatable bonds is 21. The summed E-state index contributed by atoms with van der Waals surface area (Å²) in [6.45, 7) is -1.59. The summed E-state index contributed by atoms with van der Waals surface area (Å²) in [7, 11) is -13.8. The summed E-state index contributed by atoms with van der Waals surface area (Å²) >= 11 is 0. The Labute approximate surface area is 428 Å². The molecule has 15 N–H and O–H groups in total. The highest BCUT2D eigenvalue weighted by atomic mass is 32.2. The summed E-state index contributed by atoms with van der Waals surface area (Å²) < 4.78 is 75.1. The van der Waals surface area contributed by atoms with Gasteiger partial charge >= 0.3 is 34.8 Å². The summed E-state index contributed by atoms with van der Waals surface area (Å²) in [6, 6.07) is 9.04. The highest BCUT2D eigenvalue weighted by Gasteiger charge is 2.46. The molecule has 6 heterocycles. The molecule has 4 aromatic heterocycles. The minimum Gasteiger partial charge on any atom is -0.423 e. The summed E-state index contributed by atoms with van der Waals surface area (Å²) in [5.74, 6) is -4.35. The van der Waals surface area contributed by atoms with E-state index in [1.165, 1.54) is 41.2 Å². The maximum atomic E-state index is 13.6. The van der Waals surface area contributed by atoms with Gasteiger partial charge in [-0.15, -0.1) is 0 Å². The fourth-order valence-corrected chi connectivity index (χ4v) is 9.81. The second-order valence-corrected chi connectivity index (χ2v) is 19.9. The molecule has 2 aromatic carbocycles. The minimum atomic E-state index is -4.89. The van der Waals surface area contributed by atoms with Gasteiger partial charge in [-0.05, 0) is 17.0 Å². The molecule has 0 radical (unpaired) electrons. The van der Waals surface area contributed by atoms with Crippen molar-refractivity contribution < 1.29 is 90.2 Å². The number of nitrogens with two attached hydrogens (primary N) is 2. The number of hydrogen-bond acceptors (Lipinski definition) is 27. The van der Waals surface area contributed by atoms with E-state index >= 15 is 0 Å². The van der Waals surface area contributed by atoms with Crippen LogP contribution < -0.4 is 36.6 Å². The number of hydrogen-bond donors (Lipinski definition) is 13. The van der Waals surface area contributed by atoms with E-state index < -0.39 is 146 Å². The van der Waals surface area contributed by atoms with E-state index in [9.17, 15) is 76.5 Å². The second kappa shape index (κ2) is 22.3. The van der Waals surface area contributed by atoms with Crippen LogP contribution in [0.3, 0.4) is 0 Å². The Morgan fingerprint density at radius 2 is 1.22 bits per heavy atom. The first kappa shape index (κ1) is 55.2. The average Bonchev–Trinajstić information content (AvgIpc) is 4.14. The number of ketones is 2. The number of aromatic nitrogens is 8. The number of benzene rings is 2. The van der Waals surface area contributed by atoms with Crippen LogP contribution in [0.4, 0.5) is 11.6 Å². The molecular formula is C40H45B2N13O19S2. The molecule has 2 saturated heterocycles. The Balaban J connectivity index is 0.879. The average molecular weight is 1100 g/mol. The Kier molecular flexibility index (Phi) is 16.2. The second-order valence-electron chi connectivity index (χ2n) is 17.1. The van der Waals surface area contributed by atoms with Crippen LogP contribution in [0.25, 0.3) is 33.7 Å². The summed E-state index contributed by atoms with van der Waals surface area (Å²) in [5, 5.41) is 82.5. The SMILES string of the molecule is Nc1ncnc2c1ncn2[C@@H]1O[C@H](CNS(=O)(=O)NC(=O)CCC(=O)c2cc(-c3nc(N)c4ncn([C@@H]5O[C@H](COS(=O)(=O)NC(=O)CCC(=O)c6ccccc6B(O)O)[C@@H](O)[C@H]5O)c4n3)ccc2B(O)O)[C@@H](O)[C@H]1O. The molecule has 2 aliphatic rings. The number of anilines is 2. The van der Waals surface area contributed by atoms with E-state index in [0.717, 1.165) is 29.4 Å². The van der Waals surface area contributed by atoms with Crippen LogP contribution in [0.2, 0.25) is 0 Å². The van der Waals surface area contributed by atoms with Crippen molar-refractivity contribution in [3.05, 3.63) is 72.6 Å². The van der Waals surface area contributed by atoms with E-state index in [-0.39, 0.29) is 67.4 Å². The van der Waals surface area contributed by atoms with E-state index in [2.05, 4.69) is 29.9 Å². The van der Waals surface area contributed by atoms with Gasteiger partial charge in [0, 0.05) is 48.9 Å². The van der Waals surface area contributed by atoms with Gasteiger partial charge in [0.25, 0.3) is 0 Å². The fraction of sp³-hybridized carbons (Fsp3) is 0.350. The van der Waals surface area contributed by atoms with Crippen LogP contribution in [-0.4, -0.2) is 184 Å². The third-order valence-electron chi connectivity index (χ3n) is 12.0. The molecule has 36 heteroatoms. The summed E-state index contributed by atoms with van der Waals surface area (Å²) in [4.78, 5) is 76.3. The largest absolute Gasteiger partial charge is 0.489 e. The van der Waals surface area contributed by atoms with Gasteiger partial charge in [-0.25, -0.2) is 39.3 Å². The first-order chi connectivity index (χ1) is 35.9. The van der Waals surface area contributed by atoms with Crippen LogP contribution in [0.1, 0.15) is 58.9 Å². The van der Waals surface area contributed by atoms with E-state index in [1.54, 1.807) is 9.44 Å². The topological polar surface area (TPSA) is 501 Å². The molecule has 0 saturated carbocycles. The third kappa shape index (κ3) is 11.8. The molecule has 0 bridgehead atoms. The third-order valence-corrected chi connectivity index (χ3v) is 14.0. The van der Waals surface area contributed by atoms with Gasteiger partial charge in [0.15, 0.2) is 52.8 Å². The molecule has 76 heavy (non-hydrogen) atoms. The van der Waals surface area contributed by atoms with Crippen molar-refractivity contribution in [2.75, 3.05) is 24.6 Å². The molecule has 32 nitrogen and oxygen atoms in total. The number of nitrogens with zero attached hydrogens (tertiary/aromatic N) is 8. The van der Waals surface area contributed by atoms with Crippen molar-refractivity contribution in [2.45, 2.75) is 74.8 Å². The standard InChI is InChI=1S/C40H45B2N13O19S2/c43-34-28-37(46-14-45-34)54(15-47-28)39-32(62)30(60)24(73-39)12-49-75(68,69)52-26(58)9-8-23(57)19-11-17(5-6-21(19)42(66)67)36-50-35(44)29-38(51-36)55(16-48-29)40-33(63)31(61)25(74-40)13-72-76(70,71)53-27(59)10-7-22(56)18-3-1-2-4-20(18)41(64)65/h1-6,11,14-16,24-25,30-33,39-40,49,60-67H,7-10,12-13H2,(H,52,58)(H,53,59)(H2,43,45,46)(H2,44,50,51)/t24-,25-,30-,31-,32-,33-,39-,40-/m1/s1. The molecular weight excluding hydrogens is 1050 g/mol. The van der Waals surface area contributed by atoms with Crippen LogP contribution >= 0.6 is 0 Å². The van der Waals surface area contributed by atoms with Crippen LogP contribution in [0.15, 0.2) is 61.4 Å². The molecule has 2 fully saturated rings. The number of imidazole rings is 2. The fourth-order valence-electron chi connectivity index (χ4n) is 8.20. The molecule has 402 valence electrons. The predicted octanol–water partition coefficient (Wildman–Crippen LogP) is -6.95. The quantitative estimate of drug-likeness (QED) is 0.0235. The number of nitrogen functional groups attached to an aromatic ring is 2. The van der Waals surface area contributed by atoms with Gasteiger partial charge in [-0.1, -0.05) is 36.4 Å². The normalized spacial score (nSPS) is 21.7. The number of carbonyl (C=O) groups excluding carboxylic acids is 4. The van der Waals surface area contributed by atoms with Gasteiger partial charge in [0.05, 0.1) is 19.3 Å². The lowest BCUT2D eigenvalue weighted by Gasteiger charge is -2.17. The highest BCUT2D eigenvalue weighted by molar-refractivity contribution is 7.88. The molecule has 0 unspecified atom stereocenters. The van der Waals surface area contributed by atoms with Crippen molar-refractivity contribution in [2.24, 2.45) is 0 Å². The van der Waals surface area contributed by atoms with Gasteiger partial charge in [-0.3, -0.25) is 32.5 Å². The van der Waals surface area contributed by atoms with Crippen molar-refractivity contribution in [3.63, 3.8) is 0 Å². The highest BCUT2D eigenvalue weighted by Crippen LogP contribution is 2.34. The van der Waals surface area contributed by atoms with Crippen molar-refractivity contribution in [1.29, 1.82) is 0 Å². The number of fused-ring (bicyclic) bond motifs is 2. The Hall–Kier alpha value is -7.03. The van der Waals surface area contributed by atoms with E-state index in [0.29, 0.717) is 0 Å². The zero-order chi connectivity index (χ0) is 55.0. The number of Topliss-reactive ketones (excluding diaryl/α,β-unsaturated/α-hetero) is 2. The molecule has 2 aliphatic heterocycles. The summed E-state index contributed by atoms with van der Waals surface area (Å²) in [5.41, 5.74) is 11.3. The molecule has 0 spiro atoms. The Morgan fingerprint density at radius 3 is 1.88 bits per heavy atom. The van der Waals surface area contributed by atoms with Gasteiger partial charge in [-0.2, -0.15) is 21.6 Å². The maximum Gasteiger partial charge on any atom is 0.489 e. The number of aliphatic hydroxyl groups is 4. The molecule has 8 rings (SSSR count). The first-order valence-corrected chi connectivity index (χ1v) is 25.3. The molecule has 0 aliphatic carbocycles. The van der Waals surface area contributed by atoms with Crippen molar-refractivity contribution in [3.8, 4) is 11.4 Å². The van der Waals surface area contributed by atoms with Crippen LogP contribution in [0, 0.1) is 0 Å². The van der Waals surface area contributed by atoms with E-state index in [1.807, 2.05) is 4.72 Å². The zero-order valence-corrected chi connectivity index (χ0v) is 40.5. The number of carbonyl (C=O) groups is 4. The van der Waals surface area contributed by atoms with Gasteiger partial charge < -0.3 is 61.5 Å². The van der Waals surface area contributed by atoms with E-state index in [4.69, 9.17) is 25.1 Å². The lowest BCUT2D eigenvalue weighted by Crippen LogP contribution is -2.45. The predicted molar refractivity (Wildman–Crippen MR) is 258 cm³/mol. The van der Waals surface area contributed by atoms with Crippen LogP contribution in [0.5, 0.6) is 0 Å². The lowest BCUT2D eigenvalue weighted by molar-refractivity contribution is -0.120.